The van der Waals surface area contributed by atoms with Crippen LogP contribution in [0.1, 0.15) is 11.1 Å². The summed E-state index contributed by atoms with van der Waals surface area (Å²) < 4.78 is 17.3. The predicted octanol–water partition coefficient (Wildman–Crippen LogP) is 4.12. The summed E-state index contributed by atoms with van der Waals surface area (Å²) >= 11 is 0. The molecule has 3 nitrogen and oxygen atoms in total. The Bertz CT molecular complexity index is 788. The molecule has 3 heteroatoms. The number of hydrogen-bond donors (Lipinski definition) is 0. The fourth-order valence-electron chi connectivity index (χ4n) is 2.71. The zero-order valence-corrected chi connectivity index (χ0v) is 11.8. The number of furan rings is 1. The Balaban J connectivity index is 1.55. The van der Waals surface area contributed by atoms with E-state index in [-0.39, 0.29) is 6.10 Å². The minimum atomic E-state index is 0.0340. The summed E-state index contributed by atoms with van der Waals surface area (Å²) in [7, 11) is 0. The monoisotopic (exact) mass is 280 g/mol. The molecule has 0 spiro atoms. The molecule has 4 rings (SSSR count). The van der Waals surface area contributed by atoms with Gasteiger partial charge in [-0.25, -0.2) is 0 Å². The summed E-state index contributed by atoms with van der Waals surface area (Å²) in [6.45, 7) is 2.63. The van der Waals surface area contributed by atoms with E-state index in [1.807, 2.05) is 24.3 Å². The zero-order chi connectivity index (χ0) is 14.2. The normalized spacial score (nSPS) is 17.1. The predicted molar refractivity (Wildman–Crippen MR) is 81.0 cm³/mol. The molecule has 1 aliphatic heterocycles. The van der Waals surface area contributed by atoms with Crippen molar-refractivity contribution in [3.8, 4) is 11.5 Å². The van der Waals surface area contributed by atoms with Gasteiger partial charge in [-0.15, -0.1) is 0 Å². The van der Waals surface area contributed by atoms with Crippen LogP contribution < -0.4 is 9.47 Å². The second kappa shape index (κ2) is 4.85. The smallest absolute Gasteiger partial charge is 0.162 e. The van der Waals surface area contributed by atoms with Crippen molar-refractivity contribution in [1.29, 1.82) is 0 Å². The molecule has 0 amide bonds. The Kier molecular flexibility index (Phi) is 2.85. The average molecular weight is 280 g/mol. The summed E-state index contributed by atoms with van der Waals surface area (Å²) in [6.07, 6.45) is 2.56. The first-order valence-corrected chi connectivity index (χ1v) is 7.14. The summed E-state index contributed by atoms with van der Waals surface area (Å²) in [4.78, 5) is 0. The molecule has 0 saturated carbocycles. The van der Waals surface area contributed by atoms with Crippen molar-refractivity contribution >= 4 is 11.0 Å². The highest BCUT2D eigenvalue weighted by Gasteiger charge is 2.21. The maximum absolute atomic E-state index is 6.05. The first kappa shape index (κ1) is 12.3. The third kappa shape index (κ3) is 2.35. The van der Waals surface area contributed by atoms with E-state index in [0.717, 1.165) is 28.9 Å². The van der Waals surface area contributed by atoms with Gasteiger partial charge in [0.05, 0.1) is 6.26 Å². The fourth-order valence-corrected chi connectivity index (χ4v) is 2.71. The summed E-state index contributed by atoms with van der Waals surface area (Å²) in [5.41, 5.74) is 3.29. The lowest BCUT2D eigenvalue weighted by Gasteiger charge is -2.26. The van der Waals surface area contributed by atoms with Crippen molar-refractivity contribution in [1.82, 2.24) is 0 Å². The lowest BCUT2D eigenvalue weighted by Crippen LogP contribution is -2.31. The lowest BCUT2D eigenvalue weighted by atomic mass is 10.1. The summed E-state index contributed by atoms with van der Waals surface area (Å²) in [5.74, 6) is 1.67. The van der Waals surface area contributed by atoms with Gasteiger partial charge >= 0.3 is 0 Å². The van der Waals surface area contributed by atoms with Gasteiger partial charge in [0.1, 0.15) is 18.3 Å². The molecule has 21 heavy (non-hydrogen) atoms. The molecule has 0 bridgehead atoms. The van der Waals surface area contributed by atoms with Gasteiger partial charge in [-0.3, -0.25) is 0 Å². The second-order valence-electron chi connectivity index (χ2n) is 5.50. The zero-order valence-electron chi connectivity index (χ0n) is 11.8. The highest BCUT2D eigenvalue weighted by molar-refractivity contribution is 5.77. The average Bonchev–Trinajstić information content (AvgIpc) is 2.94. The Hall–Kier alpha value is -2.42. The molecule has 1 aliphatic rings. The van der Waals surface area contributed by atoms with Crippen LogP contribution in [0.25, 0.3) is 11.0 Å². The van der Waals surface area contributed by atoms with E-state index in [0.29, 0.717) is 6.61 Å². The Morgan fingerprint density at radius 1 is 1.05 bits per heavy atom. The highest BCUT2D eigenvalue weighted by atomic mass is 16.6. The highest BCUT2D eigenvalue weighted by Crippen LogP contribution is 2.33. The molecule has 1 atom stereocenters. The van der Waals surface area contributed by atoms with Gasteiger partial charge in [0.15, 0.2) is 11.5 Å². The molecule has 0 fully saturated rings. The minimum Gasteiger partial charge on any atom is -0.486 e. The van der Waals surface area contributed by atoms with Crippen LogP contribution in [-0.4, -0.2) is 12.7 Å². The van der Waals surface area contributed by atoms with E-state index in [9.17, 15) is 0 Å². The maximum atomic E-state index is 6.05. The summed E-state index contributed by atoms with van der Waals surface area (Å²) in [6, 6.07) is 14.3. The largest absolute Gasteiger partial charge is 0.486 e. The number of fused-ring (bicyclic) bond motifs is 2. The van der Waals surface area contributed by atoms with Crippen molar-refractivity contribution in [2.24, 2.45) is 0 Å². The van der Waals surface area contributed by atoms with Gasteiger partial charge in [-0.05, 0) is 42.3 Å². The van der Waals surface area contributed by atoms with E-state index in [2.05, 4.69) is 25.1 Å². The minimum absolute atomic E-state index is 0.0340. The van der Waals surface area contributed by atoms with E-state index >= 15 is 0 Å². The van der Waals surface area contributed by atoms with Crippen molar-refractivity contribution in [2.45, 2.75) is 19.4 Å². The number of hydrogen-bond acceptors (Lipinski definition) is 3. The molecule has 0 radical (unpaired) electrons. The third-order valence-electron chi connectivity index (χ3n) is 3.80. The van der Waals surface area contributed by atoms with E-state index < -0.39 is 0 Å². The molecule has 2 aromatic carbocycles. The summed E-state index contributed by atoms with van der Waals surface area (Å²) in [5, 5.41) is 1.13. The van der Waals surface area contributed by atoms with E-state index in [4.69, 9.17) is 13.9 Å². The van der Waals surface area contributed by atoms with Crippen molar-refractivity contribution in [2.75, 3.05) is 6.61 Å². The van der Waals surface area contributed by atoms with Crippen LogP contribution in [0.15, 0.2) is 53.1 Å². The van der Waals surface area contributed by atoms with Gasteiger partial charge in [-0.2, -0.15) is 0 Å². The fraction of sp³-hybridized carbons (Fsp3) is 0.222. The van der Waals surface area contributed by atoms with Crippen molar-refractivity contribution < 1.29 is 13.9 Å². The van der Waals surface area contributed by atoms with E-state index in [1.165, 1.54) is 11.1 Å². The molecule has 106 valence electrons. The molecule has 1 unspecified atom stereocenters. The van der Waals surface area contributed by atoms with Crippen LogP contribution in [0.2, 0.25) is 0 Å². The molecule has 0 aliphatic carbocycles. The maximum Gasteiger partial charge on any atom is 0.162 e. The molecule has 3 aromatic rings. The van der Waals surface area contributed by atoms with Crippen LogP contribution in [-0.2, 0) is 6.42 Å². The van der Waals surface area contributed by atoms with Crippen LogP contribution in [0.4, 0.5) is 0 Å². The second-order valence-corrected chi connectivity index (χ2v) is 5.50. The SMILES string of the molecule is Cc1ccc2c(c1)OC(Cc1ccc3ccoc3c1)CO2. The first-order valence-electron chi connectivity index (χ1n) is 7.14. The van der Waals surface area contributed by atoms with Crippen LogP contribution in [0, 0.1) is 6.92 Å². The molecule has 1 aromatic heterocycles. The van der Waals surface area contributed by atoms with Gasteiger partial charge in [0, 0.05) is 11.8 Å². The van der Waals surface area contributed by atoms with Gasteiger partial charge in [-0.1, -0.05) is 18.2 Å². The van der Waals surface area contributed by atoms with Gasteiger partial charge < -0.3 is 13.9 Å². The Labute approximate surface area is 123 Å². The number of rotatable bonds is 2. The quantitative estimate of drug-likeness (QED) is 0.707. The standard InChI is InChI=1S/C18H16O3/c1-12-2-5-16-18(8-12)21-15(11-20-16)9-13-3-4-14-6-7-19-17(14)10-13/h2-8,10,15H,9,11H2,1H3. The Morgan fingerprint density at radius 3 is 2.95 bits per heavy atom. The van der Waals surface area contributed by atoms with E-state index in [1.54, 1.807) is 6.26 Å². The molecule has 2 heterocycles. The van der Waals surface area contributed by atoms with Crippen molar-refractivity contribution in [3.63, 3.8) is 0 Å². The molecule has 0 N–H and O–H groups in total. The number of ether oxygens (including phenoxy) is 2. The number of benzene rings is 2. The topological polar surface area (TPSA) is 31.6 Å². The first-order chi connectivity index (χ1) is 10.3. The number of aryl methyl sites for hydroxylation is 1. The molecule has 0 saturated heterocycles. The Morgan fingerprint density at radius 2 is 2.00 bits per heavy atom. The molecular formula is C18H16O3. The van der Waals surface area contributed by atoms with Crippen molar-refractivity contribution in [3.05, 3.63) is 59.9 Å². The third-order valence-corrected chi connectivity index (χ3v) is 3.80. The lowest BCUT2D eigenvalue weighted by molar-refractivity contribution is 0.0912. The van der Waals surface area contributed by atoms with Crippen LogP contribution in [0.3, 0.4) is 0 Å². The van der Waals surface area contributed by atoms with Gasteiger partial charge in [0.25, 0.3) is 0 Å². The van der Waals surface area contributed by atoms with Crippen LogP contribution >= 0.6 is 0 Å². The van der Waals surface area contributed by atoms with Crippen LogP contribution in [0.5, 0.6) is 11.5 Å². The van der Waals surface area contributed by atoms with Gasteiger partial charge in [0.2, 0.25) is 0 Å². The molecular weight excluding hydrogens is 264 g/mol.